The summed E-state index contributed by atoms with van der Waals surface area (Å²) in [6.45, 7) is 8.87. The molecule has 0 amide bonds. The molecule has 1 atom stereocenters. The first-order valence-electron chi connectivity index (χ1n) is 7.88. The van der Waals surface area contributed by atoms with Crippen molar-refractivity contribution >= 4 is 17.6 Å². The quantitative estimate of drug-likeness (QED) is 0.286. The fraction of sp³-hybridized carbons (Fsp3) is 0.824. The summed E-state index contributed by atoms with van der Waals surface area (Å²) in [4.78, 5) is 11.3. The number of halogens is 1. The van der Waals surface area contributed by atoms with Gasteiger partial charge in [-0.25, -0.2) is 0 Å². The summed E-state index contributed by atoms with van der Waals surface area (Å²) in [5, 5.41) is 0. The van der Waals surface area contributed by atoms with E-state index in [0.717, 1.165) is 32.1 Å². The second kappa shape index (κ2) is 11.2. The van der Waals surface area contributed by atoms with Gasteiger partial charge in [-0.15, -0.1) is 11.6 Å². The maximum Gasteiger partial charge on any atom is 0.321 e. The van der Waals surface area contributed by atoms with Crippen LogP contribution in [0.1, 0.15) is 72.6 Å². The minimum atomic E-state index is -0.303. The van der Waals surface area contributed by atoms with Crippen molar-refractivity contribution in [1.82, 2.24) is 0 Å². The van der Waals surface area contributed by atoms with E-state index in [0.29, 0.717) is 0 Å². The van der Waals surface area contributed by atoms with Gasteiger partial charge in [0.25, 0.3) is 0 Å². The molecule has 118 valence electrons. The fourth-order valence-corrected chi connectivity index (χ4v) is 2.39. The van der Waals surface area contributed by atoms with Crippen LogP contribution in [0, 0.1) is 5.41 Å². The lowest BCUT2D eigenvalue weighted by molar-refractivity contribution is -0.146. The highest BCUT2D eigenvalue weighted by molar-refractivity contribution is 6.26. The Hall–Kier alpha value is -0.500. The Morgan fingerprint density at radius 2 is 1.95 bits per heavy atom. The summed E-state index contributed by atoms with van der Waals surface area (Å²) >= 11 is 5.50. The first-order valence-corrected chi connectivity index (χ1v) is 8.41. The van der Waals surface area contributed by atoms with E-state index in [4.69, 9.17) is 16.3 Å². The molecule has 0 radical (unpaired) electrons. The van der Waals surface area contributed by atoms with Gasteiger partial charge >= 0.3 is 5.97 Å². The van der Waals surface area contributed by atoms with Crippen molar-refractivity contribution in [3.8, 4) is 0 Å². The molecule has 0 saturated heterocycles. The SMILES string of the molecule is CCCCC(CC/C=C/C(C)(C)CCC)OC(=O)CCl. The van der Waals surface area contributed by atoms with E-state index in [-0.39, 0.29) is 23.4 Å². The number of alkyl halides is 1. The van der Waals surface area contributed by atoms with Gasteiger partial charge in [-0.05, 0) is 31.1 Å². The van der Waals surface area contributed by atoms with Gasteiger partial charge < -0.3 is 4.74 Å². The predicted octanol–water partition coefficient (Wildman–Crippen LogP) is 5.49. The second-order valence-electron chi connectivity index (χ2n) is 6.11. The zero-order valence-corrected chi connectivity index (χ0v) is 14.3. The van der Waals surface area contributed by atoms with E-state index in [1.807, 2.05) is 0 Å². The Bertz CT molecular complexity index is 285. The molecule has 20 heavy (non-hydrogen) atoms. The van der Waals surface area contributed by atoms with Gasteiger partial charge in [0.15, 0.2) is 0 Å². The van der Waals surface area contributed by atoms with Crippen molar-refractivity contribution in [1.29, 1.82) is 0 Å². The van der Waals surface area contributed by atoms with Gasteiger partial charge in [-0.3, -0.25) is 4.79 Å². The molecule has 0 N–H and O–H groups in total. The Balaban J connectivity index is 4.17. The summed E-state index contributed by atoms with van der Waals surface area (Å²) in [5.74, 6) is -0.356. The van der Waals surface area contributed by atoms with Crippen LogP contribution in [-0.4, -0.2) is 18.0 Å². The standard InChI is InChI=1S/C17H31ClO2/c1-5-7-10-15(20-16(19)14-18)11-8-9-13-17(3,4)12-6-2/h9,13,15H,5-8,10-12,14H2,1-4H3/b13-9+. The molecule has 2 nitrogen and oxygen atoms in total. The molecule has 0 aliphatic rings. The second-order valence-corrected chi connectivity index (χ2v) is 6.37. The highest BCUT2D eigenvalue weighted by Gasteiger charge is 2.14. The minimum Gasteiger partial charge on any atom is -0.461 e. The number of hydrogen-bond acceptors (Lipinski definition) is 2. The molecule has 0 spiro atoms. The molecule has 0 aromatic rings. The molecule has 0 saturated carbocycles. The molecule has 0 bridgehead atoms. The van der Waals surface area contributed by atoms with Gasteiger partial charge in [-0.1, -0.05) is 59.1 Å². The van der Waals surface area contributed by atoms with E-state index >= 15 is 0 Å². The van der Waals surface area contributed by atoms with Gasteiger partial charge in [0.1, 0.15) is 12.0 Å². The molecule has 0 heterocycles. The summed E-state index contributed by atoms with van der Waals surface area (Å²) < 4.78 is 5.38. The smallest absolute Gasteiger partial charge is 0.321 e. The largest absolute Gasteiger partial charge is 0.461 e. The Kier molecular flexibility index (Phi) is 10.9. The maximum absolute atomic E-state index is 11.3. The Morgan fingerprint density at radius 3 is 2.50 bits per heavy atom. The molecule has 0 rings (SSSR count). The maximum atomic E-state index is 11.3. The zero-order chi connectivity index (χ0) is 15.4. The lowest BCUT2D eigenvalue weighted by Gasteiger charge is -2.19. The van der Waals surface area contributed by atoms with Crippen LogP contribution in [0.25, 0.3) is 0 Å². The van der Waals surface area contributed by atoms with Gasteiger partial charge in [0.2, 0.25) is 0 Å². The number of ether oxygens (including phenoxy) is 1. The van der Waals surface area contributed by atoms with Crippen LogP contribution in [0.5, 0.6) is 0 Å². The van der Waals surface area contributed by atoms with Crippen LogP contribution in [0.4, 0.5) is 0 Å². The van der Waals surface area contributed by atoms with Crippen LogP contribution < -0.4 is 0 Å². The number of hydrogen-bond donors (Lipinski definition) is 0. The van der Waals surface area contributed by atoms with Gasteiger partial charge in [-0.2, -0.15) is 0 Å². The van der Waals surface area contributed by atoms with Gasteiger partial charge in [0, 0.05) is 0 Å². The molecule has 0 aromatic carbocycles. The fourth-order valence-electron chi connectivity index (χ4n) is 2.32. The van der Waals surface area contributed by atoms with E-state index in [2.05, 4.69) is 39.8 Å². The monoisotopic (exact) mass is 302 g/mol. The van der Waals surface area contributed by atoms with E-state index in [1.165, 1.54) is 12.8 Å². The topological polar surface area (TPSA) is 26.3 Å². The number of carbonyl (C=O) groups excluding carboxylic acids is 1. The van der Waals surface area contributed by atoms with Crippen molar-refractivity contribution < 1.29 is 9.53 Å². The molecule has 3 heteroatoms. The third kappa shape index (κ3) is 10.3. The van der Waals surface area contributed by atoms with Crippen LogP contribution in [0.15, 0.2) is 12.2 Å². The van der Waals surface area contributed by atoms with Crippen molar-refractivity contribution in [2.24, 2.45) is 5.41 Å². The molecule has 0 fully saturated rings. The third-order valence-electron chi connectivity index (χ3n) is 3.41. The zero-order valence-electron chi connectivity index (χ0n) is 13.6. The summed E-state index contributed by atoms with van der Waals surface area (Å²) in [6.07, 6.45) is 11.9. The summed E-state index contributed by atoms with van der Waals surface area (Å²) in [7, 11) is 0. The highest BCUT2D eigenvalue weighted by atomic mass is 35.5. The lowest BCUT2D eigenvalue weighted by Crippen LogP contribution is -2.19. The number of rotatable bonds is 11. The van der Waals surface area contributed by atoms with Gasteiger partial charge in [0.05, 0.1) is 0 Å². The van der Waals surface area contributed by atoms with Crippen LogP contribution in [0.2, 0.25) is 0 Å². The molecule has 0 aromatic heterocycles. The Morgan fingerprint density at radius 1 is 1.25 bits per heavy atom. The summed E-state index contributed by atoms with van der Waals surface area (Å²) in [6, 6.07) is 0. The average Bonchev–Trinajstić information content (AvgIpc) is 2.40. The number of carbonyl (C=O) groups is 1. The normalized spacial score (nSPS) is 13.7. The molecule has 1 unspecified atom stereocenters. The molecule has 0 aliphatic heterocycles. The number of esters is 1. The number of unbranched alkanes of at least 4 members (excludes halogenated alkanes) is 1. The first kappa shape index (κ1) is 19.5. The average molecular weight is 303 g/mol. The molecular formula is C17H31ClO2. The third-order valence-corrected chi connectivity index (χ3v) is 3.62. The van der Waals surface area contributed by atoms with E-state index in [1.54, 1.807) is 0 Å². The van der Waals surface area contributed by atoms with Crippen LogP contribution in [-0.2, 0) is 9.53 Å². The lowest BCUT2D eigenvalue weighted by atomic mass is 9.87. The van der Waals surface area contributed by atoms with Crippen LogP contribution in [0.3, 0.4) is 0 Å². The predicted molar refractivity (Wildman–Crippen MR) is 87.2 cm³/mol. The van der Waals surface area contributed by atoms with Crippen molar-refractivity contribution in [2.75, 3.05) is 5.88 Å². The minimum absolute atomic E-state index is 0.0140. The molecule has 0 aliphatic carbocycles. The number of allylic oxidation sites excluding steroid dienone is 2. The first-order chi connectivity index (χ1) is 9.45. The van der Waals surface area contributed by atoms with Crippen molar-refractivity contribution in [3.63, 3.8) is 0 Å². The summed E-state index contributed by atoms with van der Waals surface area (Å²) in [5.41, 5.74) is 0.264. The Labute approximate surface area is 129 Å². The van der Waals surface area contributed by atoms with E-state index in [9.17, 15) is 4.79 Å². The molecular weight excluding hydrogens is 272 g/mol. The van der Waals surface area contributed by atoms with E-state index < -0.39 is 0 Å². The van der Waals surface area contributed by atoms with Crippen molar-refractivity contribution in [2.45, 2.75) is 78.7 Å². The van der Waals surface area contributed by atoms with Crippen molar-refractivity contribution in [3.05, 3.63) is 12.2 Å². The highest BCUT2D eigenvalue weighted by Crippen LogP contribution is 2.24. The van der Waals surface area contributed by atoms with Crippen LogP contribution >= 0.6 is 11.6 Å².